The van der Waals surface area contributed by atoms with Crippen LogP contribution in [-0.4, -0.2) is 54.7 Å². The lowest BCUT2D eigenvalue weighted by molar-refractivity contribution is -0.153. The first-order valence-corrected chi connectivity index (χ1v) is 8.68. The number of amides is 1. The number of likely N-dealkylation sites (tertiary alicyclic amines) is 1. The van der Waals surface area contributed by atoms with Crippen molar-refractivity contribution >= 4 is 28.8 Å². The van der Waals surface area contributed by atoms with Crippen LogP contribution in [0.5, 0.6) is 5.75 Å². The molecule has 0 aliphatic carbocycles. The number of fused-ring (bicyclic) bond motifs is 1. The van der Waals surface area contributed by atoms with Crippen LogP contribution in [0, 0.1) is 5.92 Å². The second kappa shape index (κ2) is 8.11. The van der Waals surface area contributed by atoms with Gasteiger partial charge in [-0.3, -0.25) is 14.4 Å². The van der Waals surface area contributed by atoms with Gasteiger partial charge in [-0.25, -0.2) is 0 Å². The topological polar surface area (TPSA) is 106 Å². The van der Waals surface area contributed by atoms with E-state index in [0.29, 0.717) is 42.5 Å². The number of phenols is 1. The molecule has 0 atom stereocenters. The van der Waals surface area contributed by atoms with Crippen LogP contribution < -0.4 is 0 Å². The maximum atomic E-state index is 12.2. The number of nitrogens with zero attached hydrogens (tertiary/aromatic N) is 1. The molecule has 1 aromatic carbocycles. The molecule has 0 radical (unpaired) electrons. The monoisotopic (exact) mass is 375 g/mol. The predicted octanol–water partition coefficient (Wildman–Crippen LogP) is 1.64. The van der Waals surface area contributed by atoms with E-state index < -0.39 is 5.97 Å². The van der Waals surface area contributed by atoms with Gasteiger partial charge in [0.2, 0.25) is 0 Å². The average molecular weight is 375 g/mol. The minimum absolute atomic E-state index is 0.0323. The number of carbonyl (C=O) groups excluding carboxylic acids is 3. The van der Waals surface area contributed by atoms with Crippen LogP contribution in [0.25, 0.3) is 11.0 Å². The van der Waals surface area contributed by atoms with Gasteiger partial charge in [0.15, 0.2) is 6.61 Å². The van der Waals surface area contributed by atoms with Gasteiger partial charge in [0.25, 0.3) is 5.91 Å². The molecule has 1 N–H and O–H groups in total. The Hall–Kier alpha value is -3.03. The normalized spacial score (nSPS) is 14.9. The number of piperidine rings is 1. The molecule has 1 aromatic heterocycles. The van der Waals surface area contributed by atoms with E-state index in [9.17, 15) is 19.5 Å². The van der Waals surface area contributed by atoms with Gasteiger partial charge in [-0.05, 0) is 25.0 Å². The summed E-state index contributed by atoms with van der Waals surface area (Å²) in [5.41, 5.74) is 1.10. The van der Waals surface area contributed by atoms with Gasteiger partial charge in [0, 0.05) is 30.1 Å². The van der Waals surface area contributed by atoms with Crippen molar-refractivity contribution in [2.45, 2.75) is 19.3 Å². The Bertz CT molecular complexity index is 849. The van der Waals surface area contributed by atoms with Crippen LogP contribution in [0.1, 0.15) is 18.4 Å². The molecule has 0 spiro atoms. The third-order valence-corrected chi connectivity index (χ3v) is 4.71. The summed E-state index contributed by atoms with van der Waals surface area (Å²) in [6.07, 6.45) is 2.49. The summed E-state index contributed by atoms with van der Waals surface area (Å²) in [6, 6.07) is 4.63. The molecule has 8 nitrogen and oxygen atoms in total. The number of aromatic hydroxyl groups is 1. The van der Waals surface area contributed by atoms with Crippen LogP contribution in [0.4, 0.5) is 0 Å². The van der Waals surface area contributed by atoms with Gasteiger partial charge in [0.05, 0.1) is 25.7 Å². The van der Waals surface area contributed by atoms with Crippen molar-refractivity contribution < 1.29 is 33.4 Å². The molecule has 2 aromatic rings. The number of hydrogen-bond donors (Lipinski definition) is 1. The number of rotatable bonds is 5. The maximum absolute atomic E-state index is 12.2. The summed E-state index contributed by atoms with van der Waals surface area (Å²) in [4.78, 5) is 37.3. The first-order valence-electron chi connectivity index (χ1n) is 8.68. The fourth-order valence-corrected chi connectivity index (χ4v) is 3.18. The lowest BCUT2D eigenvalue weighted by Crippen LogP contribution is -2.42. The van der Waals surface area contributed by atoms with Crippen molar-refractivity contribution in [2.75, 3.05) is 26.8 Å². The molecule has 0 unspecified atom stereocenters. The Morgan fingerprint density at radius 2 is 2.00 bits per heavy atom. The second-order valence-electron chi connectivity index (χ2n) is 6.46. The lowest BCUT2D eigenvalue weighted by Gasteiger charge is -2.30. The molecule has 1 saturated heterocycles. The second-order valence-corrected chi connectivity index (χ2v) is 6.46. The number of carbonyl (C=O) groups is 3. The van der Waals surface area contributed by atoms with E-state index in [1.807, 2.05) is 0 Å². The minimum Gasteiger partial charge on any atom is -0.508 e. The quantitative estimate of drug-likeness (QED) is 0.792. The largest absolute Gasteiger partial charge is 0.508 e. The summed E-state index contributed by atoms with van der Waals surface area (Å²) in [6.45, 7) is 0.538. The van der Waals surface area contributed by atoms with Gasteiger partial charge >= 0.3 is 11.9 Å². The first kappa shape index (κ1) is 18.8. The molecule has 144 valence electrons. The standard InChI is InChI=1S/C19H21NO7/c1-25-19(24)12-4-6-20(7-5-12)17(22)11-27-18(23)8-13-10-26-16-9-14(21)2-3-15(13)16/h2-3,9-10,12,21H,4-8,11H2,1H3. The highest BCUT2D eigenvalue weighted by molar-refractivity contribution is 5.87. The van der Waals surface area contributed by atoms with E-state index in [1.54, 1.807) is 11.0 Å². The molecular formula is C19H21NO7. The fraction of sp³-hybridized carbons (Fsp3) is 0.421. The Balaban J connectivity index is 1.47. The highest BCUT2D eigenvalue weighted by Crippen LogP contribution is 2.25. The molecule has 0 saturated carbocycles. The third kappa shape index (κ3) is 4.39. The van der Waals surface area contributed by atoms with Crippen molar-refractivity contribution in [1.29, 1.82) is 0 Å². The zero-order chi connectivity index (χ0) is 19.4. The third-order valence-electron chi connectivity index (χ3n) is 4.71. The van der Waals surface area contributed by atoms with E-state index in [1.165, 1.54) is 25.5 Å². The van der Waals surface area contributed by atoms with E-state index in [2.05, 4.69) is 0 Å². The maximum Gasteiger partial charge on any atom is 0.310 e. The number of benzene rings is 1. The number of esters is 2. The Kier molecular flexibility index (Phi) is 5.63. The molecule has 8 heteroatoms. The molecule has 1 aliphatic heterocycles. The van der Waals surface area contributed by atoms with Gasteiger partial charge in [-0.2, -0.15) is 0 Å². The minimum atomic E-state index is -0.538. The molecule has 1 fully saturated rings. The molecule has 2 heterocycles. The van der Waals surface area contributed by atoms with Gasteiger partial charge in [-0.1, -0.05) is 0 Å². The Morgan fingerprint density at radius 3 is 2.70 bits per heavy atom. The van der Waals surface area contributed by atoms with Crippen LogP contribution in [0.3, 0.4) is 0 Å². The van der Waals surface area contributed by atoms with Crippen molar-refractivity contribution in [3.63, 3.8) is 0 Å². The van der Waals surface area contributed by atoms with Gasteiger partial charge in [-0.15, -0.1) is 0 Å². The summed E-state index contributed by atoms with van der Waals surface area (Å²) in [5.74, 6) is -1.19. The first-order chi connectivity index (χ1) is 13.0. The van der Waals surface area contributed by atoms with E-state index in [-0.39, 0.29) is 36.6 Å². The summed E-state index contributed by atoms with van der Waals surface area (Å²) in [7, 11) is 1.35. The fourth-order valence-electron chi connectivity index (χ4n) is 3.18. The van der Waals surface area contributed by atoms with Crippen molar-refractivity contribution in [2.24, 2.45) is 5.92 Å². The highest BCUT2D eigenvalue weighted by Gasteiger charge is 2.28. The Morgan fingerprint density at radius 1 is 1.26 bits per heavy atom. The number of phenolic OH excluding ortho intramolecular Hbond substituents is 1. The van der Waals surface area contributed by atoms with Crippen LogP contribution >= 0.6 is 0 Å². The number of furan rings is 1. The van der Waals surface area contributed by atoms with Crippen LogP contribution in [-0.2, 0) is 30.3 Å². The molecule has 1 aliphatic rings. The van der Waals surface area contributed by atoms with Crippen molar-refractivity contribution in [3.05, 3.63) is 30.0 Å². The summed E-state index contributed by atoms with van der Waals surface area (Å²) in [5, 5.41) is 10.1. The lowest BCUT2D eigenvalue weighted by atomic mass is 9.97. The SMILES string of the molecule is COC(=O)C1CCN(C(=O)COC(=O)Cc2coc3cc(O)ccc23)CC1. The molecule has 0 bridgehead atoms. The smallest absolute Gasteiger partial charge is 0.310 e. The predicted molar refractivity (Wildman–Crippen MR) is 93.9 cm³/mol. The highest BCUT2D eigenvalue weighted by atomic mass is 16.5. The zero-order valence-electron chi connectivity index (χ0n) is 15.0. The van der Waals surface area contributed by atoms with Crippen LogP contribution in [0.15, 0.2) is 28.9 Å². The van der Waals surface area contributed by atoms with Gasteiger partial charge < -0.3 is 23.9 Å². The van der Waals surface area contributed by atoms with E-state index >= 15 is 0 Å². The molecule has 1 amide bonds. The van der Waals surface area contributed by atoms with Crippen molar-refractivity contribution in [1.82, 2.24) is 4.90 Å². The van der Waals surface area contributed by atoms with Crippen LogP contribution in [0.2, 0.25) is 0 Å². The van der Waals surface area contributed by atoms with E-state index in [4.69, 9.17) is 13.9 Å². The number of ether oxygens (including phenoxy) is 2. The molecule has 27 heavy (non-hydrogen) atoms. The number of methoxy groups -OCH3 is 1. The molecular weight excluding hydrogens is 354 g/mol. The zero-order valence-corrected chi connectivity index (χ0v) is 15.0. The van der Waals surface area contributed by atoms with Crippen molar-refractivity contribution in [3.8, 4) is 5.75 Å². The Labute approximate surface area is 155 Å². The number of hydrogen-bond acceptors (Lipinski definition) is 7. The molecule has 3 rings (SSSR count). The average Bonchev–Trinajstić information content (AvgIpc) is 3.07. The summed E-state index contributed by atoms with van der Waals surface area (Å²) >= 11 is 0. The summed E-state index contributed by atoms with van der Waals surface area (Å²) < 4.78 is 15.1. The van der Waals surface area contributed by atoms with E-state index in [0.717, 1.165) is 0 Å². The van der Waals surface area contributed by atoms with Gasteiger partial charge in [0.1, 0.15) is 11.3 Å².